The smallest absolute Gasteiger partial charge is 0.398 e. The highest BCUT2D eigenvalue weighted by atomic mass is 35.5. The van der Waals surface area contributed by atoms with Crippen molar-refractivity contribution in [2.24, 2.45) is 0 Å². The lowest BCUT2D eigenvalue weighted by Crippen LogP contribution is -2.39. The number of hydrogen-bond acceptors (Lipinski definition) is 2. The molecule has 0 unspecified atom stereocenters. The highest BCUT2D eigenvalue weighted by molar-refractivity contribution is 6.33. The molecule has 3 nitrogen and oxygen atoms in total. The van der Waals surface area contributed by atoms with Crippen LogP contribution in [0.25, 0.3) is 0 Å². The van der Waals surface area contributed by atoms with Gasteiger partial charge in [-0.3, -0.25) is 4.79 Å². The summed E-state index contributed by atoms with van der Waals surface area (Å²) in [5, 5.41) is 0.262. The van der Waals surface area contributed by atoms with Crippen molar-refractivity contribution in [3.8, 4) is 0 Å². The Morgan fingerprint density at radius 1 is 1.40 bits per heavy atom. The van der Waals surface area contributed by atoms with Crippen molar-refractivity contribution in [2.75, 3.05) is 18.8 Å². The molecule has 112 valence electrons. The molecule has 1 aromatic rings. The molecule has 0 heterocycles. The first-order valence-electron chi connectivity index (χ1n) is 6.15. The normalized spacial score (nSPS) is 11.4. The fourth-order valence-corrected chi connectivity index (χ4v) is 1.79. The number of anilines is 1. The van der Waals surface area contributed by atoms with E-state index in [0.717, 1.165) is 4.90 Å². The van der Waals surface area contributed by atoms with E-state index in [1.807, 2.05) is 6.92 Å². The summed E-state index contributed by atoms with van der Waals surface area (Å²) in [6.45, 7) is 0.627. The second kappa shape index (κ2) is 6.83. The van der Waals surface area contributed by atoms with Gasteiger partial charge in [0.25, 0.3) is 5.91 Å². The van der Waals surface area contributed by atoms with Crippen molar-refractivity contribution < 1.29 is 18.0 Å². The molecule has 1 rings (SSSR count). The third-order valence-electron chi connectivity index (χ3n) is 2.68. The number of nitrogens with zero attached hydrogens (tertiary/aromatic N) is 1. The van der Waals surface area contributed by atoms with Crippen molar-refractivity contribution in [3.05, 3.63) is 28.8 Å². The zero-order chi connectivity index (χ0) is 15.3. The molecule has 20 heavy (non-hydrogen) atoms. The van der Waals surface area contributed by atoms with Gasteiger partial charge in [-0.15, -0.1) is 0 Å². The minimum atomic E-state index is -4.43. The average Bonchev–Trinajstić information content (AvgIpc) is 2.35. The van der Waals surface area contributed by atoms with Gasteiger partial charge >= 0.3 is 6.18 Å². The Balaban J connectivity index is 2.93. The second-order valence-electron chi connectivity index (χ2n) is 4.43. The van der Waals surface area contributed by atoms with Gasteiger partial charge in [-0.25, -0.2) is 0 Å². The molecule has 2 N–H and O–H groups in total. The van der Waals surface area contributed by atoms with Gasteiger partial charge in [0, 0.05) is 12.1 Å². The minimum Gasteiger partial charge on any atom is -0.398 e. The van der Waals surface area contributed by atoms with Crippen LogP contribution in [-0.2, 0) is 0 Å². The number of rotatable bonds is 5. The van der Waals surface area contributed by atoms with E-state index < -0.39 is 18.6 Å². The maximum atomic E-state index is 12.5. The molecule has 0 radical (unpaired) electrons. The number of unbranched alkanes of at least 4 members (excludes halogenated alkanes) is 1. The predicted molar refractivity (Wildman–Crippen MR) is 72.7 cm³/mol. The fraction of sp³-hybridized carbons (Fsp3) is 0.462. The highest BCUT2D eigenvalue weighted by Crippen LogP contribution is 2.22. The number of alkyl halides is 3. The first-order chi connectivity index (χ1) is 9.24. The molecule has 0 aliphatic rings. The minimum absolute atomic E-state index is 0.0530. The maximum absolute atomic E-state index is 12.5. The molecule has 0 spiro atoms. The maximum Gasteiger partial charge on any atom is 0.406 e. The van der Waals surface area contributed by atoms with E-state index in [2.05, 4.69) is 0 Å². The van der Waals surface area contributed by atoms with Crippen LogP contribution >= 0.6 is 11.6 Å². The van der Waals surface area contributed by atoms with Crippen molar-refractivity contribution in [3.63, 3.8) is 0 Å². The van der Waals surface area contributed by atoms with Crippen LogP contribution in [-0.4, -0.2) is 30.1 Å². The summed E-state index contributed by atoms with van der Waals surface area (Å²) in [5.41, 5.74) is 5.83. The summed E-state index contributed by atoms with van der Waals surface area (Å²) < 4.78 is 37.5. The zero-order valence-electron chi connectivity index (χ0n) is 11.0. The highest BCUT2D eigenvalue weighted by Gasteiger charge is 2.33. The standard InChI is InChI=1S/C13H16ClF3N2O/c1-2-3-6-19(8-13(15,16)17)12(20)9-4-5-10(14)11(18)7-9/h4-5,7H,2-3,6,8,18H2,1H3. The van der Waals surface area contributed by atoms with Gasteiger partial charge in [0.1, 0.15) is 6.54 Å². The Morgan fingerprint density at radius 2 is 2.05 bits per heavy atom. The summed E-state index contributed by atoms with van der Waals surface area (Å²) >= 11 is 5.73. The molecule has 0 saturated carbocycles. The molecular formula is C13H16ClF3N2O. The van der Waals surface area contributed by atoms with Crippen molar-refractivity contribution in [2.45, 2.75) is 25.9 Å². The quantitative estimate of drug-likeness (QED) is 0.843. The van der Waals surface area contributed by atoms with E-state index in [1.54, 1.807) is 0 Å². The van der Waals surface area contributed by atoms with E-state index >= 15 is 0 Å². The molecule has 7 heteroatoms. The van der Waals surface area contributed by atoms with Gasteiger partial charge in [0.15, 0.2) is 0 Å². The van der Waals surface area contributed by atoms with Gasteiger partial charge in [-0.1, -0.05) is 24.9 Å². The monoisotopic (exact) mass is 308 g/mol. The topological polar surface area (TPSA) is 46.3 Å². The lowest BCUT2D eigenvalue weighted by molar-refractivity contribution is -0.140. The van der Waals surface area contributed by atoms with E-state index in [-0.39, 0.29) is 22.8 Å². The third-order valence-corrected chi connectivity index (χ3v) is 3.03. The lowest BCUT2D eigenvalue weighted by atomic mass is 10.1. The second-order valence-corrected chi connectivity index (χ2v) is 4.84. The number of amides is 1. The van der Waals surface area contributed by atoms with Crippen LogP contribution in [0.1, 0.15) is 30.1 Å². The van der Waals surface area contributed by atoms with Crippen molar-refractivity contribution in [1.82, 2.24) is 4.90 Å². The van der Waals surface area contributed by atoms with Crippen LogP contribution in [0.2, 0.25) is 5.02 Å². The number of hydrogen-bond donors (Lipinski definition) is 1. The molecule has 0 aliphatic carbocycles. The van der Waals surface area contributed by atoms with E-state index in [4.69, 9.17) is 17.3 Å². The molecule has 0 saturated heterocycles. The van der Waals surface area contributed by atoms with Gasteiger partial charge in [-0.05, 0) is 24.6 Å². The summed E-state index contributed by atoms with van der Waals surface area (Å²) in [6, 6.07) is 4.06. The van der Waals surface area contributed by atoms with E-state index in [1.165, 1.54) is 18.2 Å². The Kier molecular flexibility index (Phi) is 5.68. The number of carbonyl (C=O) groups is 1. The summed E-state index contributed by atoms with van der Waals surface area (Å²) in [6.07, 6.45) is -3.23. The molecule has 1 amide bonds. The Hall–Kier alpha value is -1.43. The molecule has 0 fully saturated rings. The molecule has 1 aromatic carbocycles. The van der Waals surface area contributed by atoms with Crippen LogP contribution in [0.5, 0.6) is 0 Å². The van der Waals surface area contributed by atoms with Gasteiger partial charge < -0.3 is 10.6 Å². The number of nitrogens with two attached hydrogens (primary N) is 1. The molecule has 0 atom stereocenters. The van der Waals surface area contributed by atoms with E-state index in [0.29, 0.717) is 12.8 Å². The molecular weight excluding hydrogens is 293 g/mol. The third kappa shape index (κ3) is 4.92. The SMILES string of the molecule is CCCCN(CC(F)(F)F)C(=O)c1ccc(Cl)c(N)c1. The number of halogens is 4. The van der Waals surface area contributed by atoms with Crippen LogP contribution in [0.4, 0.5) is 18.9 Å². The predicted octanol–water partition coefficient (Wildman–Crippen LogP) is 3.73. The Morgan fingerprint density at radius 3 is 2.55 bits per heavy atom. The first-order valence-corrected chi connectivity index (χ1v) is 6.53. The van der Waals surface area contributed by atoms with E-state index in [9.17, 15) is 18.0 Å². The van der Waals surface area contributed by atoms with Crippen molar-refractivity contribution in [1.29, 1.82) is 0 Å². The summed E-state index contributed by atoms with van der Waals surface area (Å²) in [4.78, 5) is 12.9. The Bertz CT molecular complexity index is 477. The van der Waals surface area contributed by atoms with Crippen LogP contribution < -0.4 is 5.73 Å². The van der Waals surface area contributed by atoms with Gasteiger partial charge in [0.2, 0.25) is 0 Å². The molecule has 0 aliphatic heterocycles. The molecule has 0 aromatic heterocycles. The lowest BCUT2D eigenvalue weighted by Gasteiger charge is -2.24. The van der Waals surface area contributed by atoms with Gasteiger partial charge in [0.05, 0.1) is 10.7 Å². The number of carbonyl (C=O) groups excluding carboxylic acids is 1. The largest absolute Gasteiger partial charge is 0.406 e. The first kappa shape index (κ1) is 16.6. The number of nitrogen functional groups attached to an aromatic ring is 1. The summed E-state index contributed by atoms with van der Waals surface area (Å²) in [7, 11) is 0. The number of benzene rings is 1. The van der Waals surface area contributed by atoms with Gasteiger partial charge in [-0.2, -0.15) is 13.2 Å². The van der Waals surface area contributed by atoms with Crippen molar-refractivity contribution >= 4 is 23.2 Å². The summed E-state index contributed by atoms with van der Waals surface area (Å²) in [5.74, 6) is -0.695. The van der Waals surface area contributed by atoms with Crippen LogP contribution in [0, 0.1) is 0 Å². The average molecular weight is 309 g/mol. The molecule has 0 bridgehead atoms. The van der Waals surface area contributed by atoms with Crippen LogP contribution in [0.3, 0.4) is 0 Å². The Labute approximate surface area is 120 Å². The van der Waals surface area contributed by atoms with Crippen LogP contribution in [0.15, 0.2) is 18.2 Å². The fourth-order valence-electron chi connectivity index (χ4n) is 1.68. The zero-order valence-corrected chi connectivity index (χ0v) is 11.8.